The Morgan fingerprint density at radius 3 is 1.38 bits per heavy atom. The van der Waals surface area contributed by atoms with Gasteiger partial charge in [0.1, 0.15) is 5.78 Å². The molecular formula is C54H63N5O14. The molecule has 4 aromatic carbocycles. The number of carbonyl (C=O) groups excluding carboxylic acids is 10. The average molecular weight is 1010 g/mol. The van der Waals surface area contributed by atoms with Gasteiger partial charge in [0.05, 0.1) is 17.0 Å². The first-order valence-corrected chi connectivity index (χ1v) is 23.8. The number of nitrogens with two attached hydrogens (primary N) is 1. The molecule has 0 aromatic heterocycles. The highest BCUT2D eigenvalue weighted by atomic mass is 16.6. The standard InChI is InChI=1S/C54H63N5O14/c1-33-16-10-19-41(34(33)2)51(67)56-29-13-26-54(59-47(65)25-24-40(64)32-44(50(55)66)39-17-8-7-9-18-39,27-14-30-57-52(68)42-20-11-22-45(70-35(3)60)48(42)72-37(5)62)28-15-31-58-53(69)43-21-12-23-46(71-36(4)61)49(43)73-38(6)63/h7-12,16-23,44H,13-15,24-32H2,1-6H3,(H2,55,66)(H,56,67)(H,57,68)(H,58,69)(H,59,65)/t44-/m1/s1. The number of amides is 5. The molecule has 1 atom stereocenters. The summed E-state index contributed by atoms with van der Waals surface area (Å²) in [6.45, 7) is 8.56. The summed E-state index contributed by atoms with van der Waals surface area (Å²) in [6.07, 6.45) is 0.830. The lowest BCUT2D eigenvalue weighted by Crippen LogP contribution is -2.50. The zero-order chi connectivity index (χ0) is 53.7. The first kappa shape index (κ1) is 57.4. The third-order valence-corrected chi connectivity index (χ3v) is 11.7. The van der Waals surface area contributed by atoms with Crippen LogP contribution in [0.15, 0.2) is 84.9 Å². The minimum Gasteiger partial charge on any atom is -0.423 e. The number of hydrogen-bond acceptors (Lipinski definition) is 14. The molecule has 5 amide bonds. The average Bonchev–Trinajstić information content (AvgIpc) is 3.33. The van der Waals surface area contributed by atoms with Crippen LogP contribution < -0.4 is 45.9 Å². The van der Waals surface area contributed by atoms with E-state index in [1.165, 1.54) is 36.4 Å². The molecule has 388 valence electrons. The van der Waals surface area contributed by atoms with Crippen LogP contribution in [0.1, 0.15) is 139 Å². The quantitative estimate of drug-likeness (QED) is 0.0268. The number of ether oxygens (including phenoxy) is 4. The number of carbonyl (C=O) groups is 10. The second-order valence-electron chi connectivity index (χ2n) is 17.4. The highest BCUT2D eigenvalue weighted by Gasteiger charge is 2.32. The third-order valence-electron chi connectivity index (χ3n) is 11.7. The van der Waals surface area contributed by atoms with Gasteiger partial charge < -0.3 is 45.9 Å². The van der Waals surface area contributed by atoms with Crippen LogP contribution in [0, 0.1) is 13.8 Å². The number of benzene rings is 4. The van der Waals surface area contributed by atoms with Crippen molar-refractivity contribution in [2.75, 3.05) is 19.6 Å². The maximum atomic E-state index is 14.0. The van der Waals surface area contributed by atoms with Crippen molar-refractivity contribution in [2.24, 2.45) is 5.73 Å². The van der Waals surface area contributed by atoms with Gasteiger partial charge in [0.25, 0.3) is 17.7 Å². The lowest BCUT2D eigenvalue weighted by molar-refractivity contribution is -0.134. The molecule has 19 heteroatoms. The third kappa shape index (κ3) is 18.2. The van der Waals surface area contributed by atoms with E-state index in [2.05, 4.69) is 21.3 Å². The van der Waals surface area contributed by atoms with Crippen LogP contribution >= 0.6 is 0 Å². The fourth-order valence-corrected chi connectivity index (χ4v) is 8.10. The normalized spacial score (nSPS) is 11.3. The molecule has 73 heavy (non-hydrogen) atoms. The summed E-state index contributed by atoms with van der Waals surface area (Å²) in [5.74, 6) is -7.81. The minimum atomic E-state index is -1.09. The molecule has 0 radical (unpaired) electrons. The Morgan fingerprint density at radius 2 is 0.945 bits per heavy atom. The first-order valence-electron chi connectivity index (χ1n) is 23.8. The van der Waals surface area contributed by atoms with Gasteiger partial charge in [0.15, 0.2) is 23.0 Å². The number of rotatable bonds is 27. The number of primary amides is 1. The second-order valence-corrected chi connectivity index (χ2v) is 17.4. The van der Waals surface area contributed by atoms with E-state index >= 15 is 0 Å². The summed E-state index contributed by atoms with van der Waals surface area (Å²) in [5.41, 5.74) is 7.25. The molecule has 19 nitrogen and oxygen atoms in total. The number of hydrogen-bond donors (Lipinski definition) is 5. The molecule has 0 unspecified atom stereocenters. The molecule has 0 aliphatic heterocycles. The number of ketones is 1. The Labute approximate surface area is 423 Å². The summed E-state index contributed by atoms with van der Waals surface area (Å²) < 4.78 is 20.9. The highest BCUT2D eigenvalue weighted by molar-refractivity contribution is 6.00. The molecule has 0 aliphatic rings. The van der Waals surface area contributed by atoms with E-state index in [1.54, 1.807) is 42.5 Å². The molecule has 0 aliphatic carbocycles. The lowest BCUT2D eigenvalue weighted by atomic mass is 9.83. The van der Waals surface area contributed by atoms with E-state index in [-0.39, 0.29) is 117 Å². The topological polar surface area (TPSA) is 282 Å². The van der Waals surface area contributed by atoms with Crippen molar-refractivity contribution in [3.8, 4) is 23.0 Å². The number of esters is 4. The maximum Gasteiger partial charge on any atom is 0.308 e. The summed E-state index contributed by atoms with van der Waals surface area (Å²) in [5, 5.41) is 11.7. The zero-order valence-corrected chi connectivity index (χ0v) is 41.9. The van der Waals surface area contributed by atoms with Gasteiger partial charge in [-0.2, -0.15) is 0 Å². The molecule has 4 aromatic rings. The van der Waals surface area contributed by atoms with Gasteiger partial charge in [-0.05, 0) is 99.4 Å². The molecule has 0 fully saturated rings. The van der Waals surface area contributed by atoms with E-state index < -0.39 is 59.0 Å². The Bertz CT molecular complexity index is 2590. The van der Waals surface area contributed by atoms with Crippen LogP contribution in [0.2, 0.25) is 0 Å². The molecule has 0 saturated heterocycles. The van der Waals surface area contributed by atoms with Gasteiger partial charge in [-0.3, -0.25) is 47.9 Å². The van der Waals surface area contributed by atoms with Crippen LogP contribution in [0.5, 0.6) is 23.0 Å². The van der Waals surface area contributed by atoms with E-state index in [9.17, 15) is 47.9 Å². The monoisotopic (exact) mass is 1010 g/mol. The summed E-state index contributed by atoms with van der Waals surface area (Å²) in [4.78, 5) is 128. The fourth-order valence-electron chi connectivity index (χ4n) is 8.10. The number of aryl methyl sites for hydroxylation is 1. The Hall–Kier alpha value is -8.22. The van der Waals surface area contributed by atoms with Crippen LogP contribution in [0.3, 0.4) is 0 Å². The van der Waals surface area contributed by atoms with Gasteiger partial charge in [0, 0.05) is 77.7 Å². The minimum absolute atomic E-state index is 0.0257. The highest BCUT2D eigenvalue weighted by Crippen LogP contribution is 2.34. The van der Waals surface area contributed by atoms with Crippen LogP contribution in [-0.4, -0.2) is 84.4 Å². The zero-order valence-electron chi connectivity index (χ0n) is 41.9. The largest absolute Gasteiger partial charge is 0.423 e. The van der Waals surface area contributed by atoms with E-state index in [4.69, 9.17) is 24.7 Å². The van der Waals surface area contributed by atoms with Crippen molar-refractivity contribution >= 4 is 59.2 Å². The van der Waals surface area contributed by atoms with Gasteiger partial charge in [-0.15, -0.1) is 0 Å². The summed E-state index contributed by atoms with van der Waals surface area (Å²) in [6, 6.07) is 22.4. The van der Waals surface area contributed by atoms with E-state index in [0.717, 1.165) is 38.8 Å². The summed E-state index contributed by atoms with van der Waals surface area (Å²) >= 11 is 0. The van der Waals surface area contributed by atoms with E-state index in [0.29, 0.717) is 17.5 Å². The lowest BCUT2D eigenvalue weighted by Gasteiger charge is -2.36. The van der Waals surface area contributed by atoms with Gasteiger partial charge in [-0.1, -0.05) is 54.6 Å². The molecular weight excluding hydrogens is 943 g/mol. The number of para-hydroxylation sites is 2. The molecule has 0 spiro atoms. The second kappa shape index (κ2) is 28.0. The molecule has 4 rings (SSSR count). The predicted molar refractivity (Wildman–Crippen MR) is 267 cm³/mol. The predicted octanol–water partition coefficient (Wildman–Crippen LogP) is 5.80. The molecule has 0 saturated carbocycles. The smallest absolute Gasteiger partial charge is 0.308 e. The first-order chi connectivity index (χ1) is 34.7. The van der Waals surface area contributed by atoms with Crippen molar-refractivity contribution in [1.29, 1.82) is 0 Å². The van der Waals surface area contributed by atoms with Gasteiger partial charge >= 0.3 is 23.9 Å². The van der Waals surface area contributed by atoms with Crippen molar-refractivity contribution in [3.05, 3.63) is 118 Å². The van der Waals surface area contributed by atoms with Crippen LogP contribution in [-0.2, 0) is 33.6 Å². The Morgan fingerprint density at radius 1 is 0.521 bits per heavy atom. The SMILES string of the molecule is CC(=O)Oc1cccc(C(=O)NCCCC(CCCNC(=O)c2cccc(C)c2C)(CCCNC(=O)c2cccc(OC(C)=O)c2OC(C)=O)NC(=O)CCC(=O)C[C@@H](C(N)=O)c2ccccc2)c1OC(C)=O. The van der Waals surface area contributed by atoms with Gasteiger partial charge in [-0.25, -0.2) is 0 Å². The summed E-state index contributed by atoms with van der Waals surface area (Å²) in [7, 11) is 0. The molecule has 0 bridgehead atoms. The molecule has 0 heterocycles. The maximum absolute atomic E-state index is 14.0. The van der Waals surface area contributed by atoms with E-state index in [1.807, 2.05) is 19.9 Å². The number of nitrogens with one attached hydrogen (secondary N) is 4. The van der Waals surface area contributed by atoms with Crippen molar-refractivity contribution < 1.29 is 66.9 Å². The van der Waals surface area contributed by atoms with Crippen molar-refractivity contribution in [2.45, 2.75) is 111 Å². The van der Waals surface area contributed by atoms with Crippen molar-refractivity contribution in [3.63, 3.8) is 0 Å². The fraction of sp³-hybridized carbons (Fsp3) is 0.370. The van der Waals surface area contributed by atoms with Crippen LogP contribution in [0.25, 0.3) is 0 Å². The molecule has 6 N–H and O–H groups in total. The van der Waals surface area contributed by atoms with Crippen LogP contribution in [0.4, 0.5) is 0 Å². The van der Waals surface area contributed by atoms with Gasteiger partial charge in [0.2, 0.25) is 11.8 Å². The van der Waals surface area contributed by atoms with Crippen molar-refractivity contribution in [1.82, 2.24) is 21.3 Å². The Balaban J connectivity index is 1.61. The Kier molecular flexibility index (Phi) is 22.0. The number of Topliss-reactive ketones (excluding diaryl/α,β-unsaturated/α-hetero) is 1.